The molecule has 1 rings (SSSR count). The van der Waals surface area contributed by atoms with E-state index in [-0.39, 0.29) is 18.0 Å². The minimum absolute atomic E-state index is 0.0405. The quantitative estimate of drug-likeness (QED) is 0.838. The third kappa shape index (κ3) is 3.53. The number of nitrogens with one attached hydrogen (secondary N) is 1. The van der Waals surface area contributed by atoms with Gasteiger partial charge in [-0.1, -0.05) is 38.5 Å². The molecule has 0 aromatic heterocycles. The van der Waals surface area contributed by atoms with E-state index in [1.54, 1.807) is 13.2 Å². The molecular weight excluding hydrogens is 229 g/mol. The van der Waals surface area contributed by atoms with Gasteiger partial charge in [0.2, 0.25) is 0 Å². The Kier molecular flexibility index (Phi) is 5.76. The van der Waals surface area contributed by atoms with E-state index in [1.807, 2.05) is 19.9 Å². The molecule has 2 nitrogen and oxygen atoms in total. The highest BCUT2D eigenvalue weighted by molar-refractivity contribution is 5.28. The molecule has 0 spiro atoms. The van der Waals surface area contributed by atoms with E-state index in [0.29, 0.717) is 11.5 Å². The van der Waals surface area contributed by atoms with Gasteiger partial charge < -0.3 is 10.1 Å². The fourth-order valence-corrected chi connectivity index (χ4v) is 2.32. The van der Waals surface area contributed by atoms with Crippen molar-refractivity contribution in [2.24, 2.45) is 5.92 Å². The average molecular weight is 253 g/mol. The standard InChI is InChI=1S/C15H24FNO/c1-6-17-14(15(18-5)10(2)3)12-9-11(4)7-8-13(12)16/h7-10,14-15,17H,6H2,1-5H3. The largest absolute Gasteiger partial charge is 0.379 e. The van der Waals surface area contributed by atoms with Crippen LogP contribution in [-0.4, -0.2) is 19.8 Å². The van der Waals surface area contributed by atoms with Gasteiger partial charge in [0.05, 0.1) is 12.1 Å². The summed E-state index contributed by atoms with van der Waals surface area (Å²) >= 11 is 0. The fourth-order valence-electron chi connectivity index (χ4n) is 2.32. The number of hydrogen-bond donors (Lipinski definition) is 1. The molecule has 1 aromatic rings. The highest BCUT2D eigenvalue weighted by atomic mass is 19.1. The van der Waals surface area contributed by atoms with Crippen LogP contribution in [0.25, 0.3) is 0 Å². The van der Waals surface area contributed by atoms with Gasteiger partial charge in [0, 0.05) is 12.7 Å². The summed E-state index contributed by atoms with van der Waals surface area (Å²) in [6.45, 7) is 8.96. The number of methoxy groups -OCH3 is 1. The van der Waals surface area contributed by atoms with E-state index < -0.39 is 0 Å². The molecule has 0 aliphatic rings. The van der Waals surface area contributed by atoms with Crippen LogP contribution in [-0.2, 0) is 4.74 Å². The van der Waals surface area contributed by atoms with Crippen molar-refractivity contribution in [1.82, 2.24) is 5.32 Å². The normalized spacial score (nSPS) is 14.8. The molecule has 18 heavy (non-hydrogen) atoms. The van der Waals surface area contributed by atoms with Crippen molar-refractivity contribution in [2.45, 2.75) is 39.8 Å². The van der Waals surface area contributed by atoms with Gasteiger partial charge in [-0.25, -0.2) is 4.39 Å². The highest BCUT2D eigenvalue weighted by Gasteiger charge is 2.27. The first-order valence-electron chi connectivity index (χ1n) is 6.53. The van der Waals surface area contributed by atoms with Crippen molar-refractivity contribution in [2.75, 3.05) is 13.7 Å². The zero-order valence-corrected chi connectivity index (χ0v) is 12.0. The van der Waals surface area contributed by atoms with Gasteiger partial charge in [-0.05, 0) is 25.5 Å². The predicted molar refractivity (Wildman–Crippen MR) is 73.2 cm³/mol. The zero-order chi connectivity index (χ0) is 13.7. The molecule has 102 valence electrons. The molecule has 2 unspecified atom stereocenters. The van der Waals surface area contributed by atoms with Crippen LogP contribution in [0.5, 0.6) is 0 Å². The Morgan fingerprint density at radius 3 is 2.50 bits per heavy atom. The highest BCUT2D eigenvalue weighted by Crippen LogP contribution is 2.27. The molecule has 3 heteroatoms. The molecule has 0 fully saturated rings. The maximum Gasteiger partial charge on any atom is 0.128 e. The van der Waals surface area contributed by atoms with Gasteiger partial charge >= 0.3 is 0 Å². The van der Waals surface area contributed by atoms with Crippen LogP contribution in [0, 0.1) is 18.7 Å². The zero-order valence-electron chi connectivity index (χ0n) is 12.0. The molecule has 0 amide bonds. The monoisotopic (exact) mass is 253 g/mol. The van der Waals surface area contributed by atoms with E-state index in [2.05, 4.69) is 19.2 Å². The maximum atomic E-state index is 14.0. The first-order valence-corrected chi connectivity index (χ1v) is 6.53. The molecule has 0 bridgehead atoms. The second-order valence-electron chi connectivity index (χ2n) is 5.00. The Labute approximate surface area is 110 Å². The summed E-state index contributed by atoms with van der Waals surface area (Å²) in [4.78, 5) is 0. The van der Waals surface area contributed by atoms with E-state index in [9.17, 15) is 4.39 Å². The number of hydrogen-bond acceptors (Lipinski definition) is 2. The number of halogens is 1. The Hall–Kier alpha value is -0.930. The molecule has 0 heterocycles. The summed E-state index contributed by atoms with van der Waals surface area (Å²) in [6.07, 6.45) is -0.0405. The summed E-state index contributed by atoms with van der Waals surface area (Å²) in [5, 5.41) is 3.33. The van der Waals surface area contributed by atoms with Crippen LogP contribution in [0.4, 0.5) is 4.39 Å². The van der Waals surface area contributed by atoms with Gasteiger partial charge in [0.1, 0.15) is 5.82 Å². The Balaban J connectivity index is 3.13. The summed E-state index contributed by atoms with van der Waals surface area (Å²) in [7, 11) is 1.68. The predicted octanol–water partition coefficient (Wildman–Crippen LogP) is 3.46. The molecular formula is C15H24FNO. The van der Waals surface area contributed by atoms with Gasteiger partial charge in [-0.3, -0.25) is 0 Å². The van der Waals surface area contributed by atoms with Gasteiger partial charge in [0.25, 0.3) is 0 Å². The molecule has 0 saturated heterocycles. The van der Waals surface area contributed by atoms with E-state index in [4.69, 9.17) is 4.74 Å². The Morgan fingerprint density at radius 2 is 2.00 bits per heavy atom. The summed E-state index contributed by atoms with van der Waals surface area (Å²) < 4.78 is 19.6. The lowest BCUT2D eigenvalue weighted by Gasteiger charge is -2.30. The SMILES string of the molecule is CCNC(c1cc(C)ccc1F)C(OC)C(C)C. The maximum absolute atomic E-state index is 14.0. The van der Waals surface area contributed by atoms with Crippen LogP contribution >= 0.6 is 0 Å². The van der Waals surface area contributed by atoms with Crippen LogP contribution < -0.4 is 5.32 Å². The van der Waals surface area contributed by atoms with Crippen LogP contribution in [0.1, 0.15) is 37.9 Å². The summed E-state index contributed by atoms with van der Waals surface area (Å²) in [5.41, 5.74) is 1.75. The first kappa shape index (κ1) is 15.1. The first-order chi connectivity index (χ1) is 8.51. The van der Waals surface area contributed by atoms with Gasteiger partial charge in [-0.15, -0.1) is 0 Å². The number of rotatable bonds is 6. The van der Waals surface area contributed by atoms with Crippen LogP contribution in [0.2, 0.25) is 0 Å². The molecule has 0 aliphatic carbocycles. The van der Waals surface area contributed by atoms with Gasteiger partial charge in [-0.2, -0.15) is 0 Å². The number of aryl methyl sites for hydroxylation is 1. The van der Waals surface area contributed by atoms with E-state index >= 15 is 0 Å². The topological polar surface area (TPSA) is 21.3 Å². The van der Waals surface area contributed by atoms with E-state index in [0.717, 1.165) is 12.1 Å². The van der Waals surface area contributed by atoms with Crippen LogP contribution in [0.15, 0.2) is 18.2 Å². The van der Waals surface area contributed by atoms with Crippen molar-refractivity contribution in [3.8, 4) is 0 Å². The minimum atomic E-state index is -0.172. The fraction of sp³-hybridized carbons (Fsp3) is 0.600. The Bertz CT molecular complexity index is 379. The molecule has 2 atom stereocenters. The second kappa shape index (κ2) is 6.86. The second-order valence-corrected chi connectivity index (χ2v) is 5.00. The van der Waals surface area contributed by atoms with Gasteiger partial charge in [0.15, 0.2) is 0 Å². The average Bonchev–Trinajstić information content (AvgIpc) is 2.32. The molecule has 0 saturated carbocycles. The smallest absolute Gasteiger partial charge is 0.128 e. The summed E-state index contributed by atoms with van der Waals surface area (Å²) in [6, 6.07) is 5.11. The lowest BCUT2D eigenvalue weighted by molar-refractivity contribution is 0.0321. The number of benzene rings is 1. The van der Waals surface area contributed by atoms with Crippen molar-refractivity contribution in [3.05, 3.63) is 35.1 Å². The lowest BCUT2D eigenvalue weighted by atomic mass is 9.92. The van der Waals surface area contributed by atoms with Crippen LogP contribution in [0.3, 0.4) is 0 Å². The molecule has 0 aliphatic heterocycles. The third-order valence-electron chi connectivity index (χ3n) is 3.17. The van der Waals surface area contributed by atoms with Crippen molar-refractivity contribution < 1.29 is 9.13 Å². The minimum Gasteiger partial charge on any atom is -0.379 e. The van der Waals surface area contributed by atoms with E-state index in [1.165, 1.54) is 6.07 Å². The number of ether oxygens (including phenoxy) is 1. The lowest BCUT2D eigenvalue weighted by Crippen LogP contribution is -2.37. The number of likely N-dealkylation sites (N-methyl/N-ethyl adjacent to an activating group) is 1. The Morgan fingerprint density at radius 1 is 1.33 bits per heavy atom. The molecule has 0 radical (unpaired) electrons. The third-order valence-corrected chi connectivity index (χ3v) is 3.17. The summed E-state index contributed by atoms with van der Waals surface area (Å²) in [5.74, 6) is 0.146. The van der Waals surface area contributed by atoms with Crippen molar-refractivity contribution in [1.29, 1.82) is 0 Å². The molecule has 1 N–H and O–H groups in total. The van der Waals surface area contributed by atoms with Crippen molar-refractivity contribution in [3.63, 3.8) is 0 Å². The molecule has 1 aromatic carbocycles. The van der Waals surface area contributed by atoms with Crippen molar-refractivity contribution >= 4 is 0 Å².